The lowest BCUT2D eigenvalue weighted by Crippen LogP contribution is -2.46. The molecule has 3 rings (SSSR count). The molecule has 5 nitrogen and oxygen atoms in total. The number of amides is 1. The fourth-order valence-electron chi connectivity index (χ4n) is 3.58. The van der Waals surface area contributed by atoms with Gasteiger partial charge in [-0.05, 0) is 25.7 Å². The standard InChI is InChI=1S/C19H25N3O2.ClH/c1-13-17(18(22-24-13)15-10-6-3-7-11-15)19(23)21-16(12-20)14-8-4-2-5-9-14;/h3,6-7,10-11,14,16H,2,4-5,8-9,12,20H2,1H3,(H,21,23);1H. The second kappa shape index (κ2) is 9.02. The Hall–Kier alpha value is -1.85. The van der Waals surface area contributed by atoms with Crippen LogP contribution in [-0.4, -0.2) is 23.7 Å². The average Bonchev–Trinajstić information content (AvgIpc) is 3.02. The van der Waals surface area contributed by atoms with E-state index in [4.69, 9.17) is 10.3 Å². The molecule has 2 aromatic rings. The van der Waals surface area contributed by atoms with Crippen molar-refractivity contribution in [2.75, 3.05) is 6.54 Å². The first-order valence-electron chi connectivity index (χ1n) is 8.73. The Morgan fingerprint density at radius 2 is 1.96 bits per heavy atom. The molecule has 1 aliphatic rings. The van der Waals surface area contributed by atoms with E-state index in [1.165, 1.54) is 19.3 Å². The Bertz CT molecular complexity index is 681. The highest BCUT2D eigenvalue weighted by Crippen LogP contribution is 2.28. The normalized spacial score (nSPS) is 16.1. The van der Waals surface area contributed by atoms with Crippen molar-refractivity contribution in [2.24, 2.45) is 11.7 Å². The van der Waals surface area contributed by atoms with Crippen LogP contribution >= 0.6 is 12.4 Å². The van der Waals surface area contributed by atoms with E-state index < -0.39 is 0 Å². The zero-order chi connectivity index (χ0) is 16.9. The first kappa shape index (κ1) is 19.5. The summed E-state index contributed by atoms with van der Waals surface area (Å²) in [5.74, 6) is 0.854. The smallest absolute Gasteiger partial charge is 0.257 e. The predicted octanol–water partition coefficient (Wildman–Crippen LogP) is 3.71. The number of hydrogen-bond acceptors (Lipinski definition) is 4. The molecule has 6 heteroatoms. The molecule has 0 radical (unpaired) electrons. The SMILES string of the molecule is Cc1onc(-c2ccccc2)c1C(=O)NC(CN)C1CCCCC1.Cl. The highest BCUT2D eigenvalue weighted by atomic mass is 35.5. The summed E-state index contributed by atoms with van der Waals surface area (Å²) in [4.78, 5) is 12.9. The summed E-state index contributed by atoms with van der Waals surface area (Å²) in [6.07, 6.45) is 5.99. The highest BCUT2D eigenvalue weighted by molar-refractivity contribution is 6.00. The van der Waals surface area contributed by atoms with Crippen molar-refractivity contribution in [1.82, 2.24) is 10.5 Å². The zero-order valence-electron chi connectivity index (χ0n) is 14.5. The van der Waals surface area contributed by atoms with Crippen molar-refractivity contribution < 1.29 is 9.32 Å². The minimum absolute atomic E-state index is 0. The number of rotatable bonds is 5. The van der Waals surface area contributed by atoms with Crippen molar-refractivity contribution in [3.05, 3.63) is 41.7 Å². The Morgan fingerprint density at radius 3 is 2.60 bits per heavy atom. The number of hydrogen-bond donors (Lipinski definition) is 2. The zero-order valence-corrected chi connectivity index (χ0v) is 15.3. The van der Waals surface area contributed by atoms with E-state index in [0.717, 1.165) is 18.4 Å². The molecule has 0 aliphatic heterocycles. The van der Waals surface area contributed by atoms with Crippen molar-refractivity contribution in [2.45, 2.75) is 45.1 Å². The van der Waals surface area contributed by atoms with Crippen LogP contribution in [0.3, 0.4) is 0 Å². The van der Waals surface area contributed by atoms with Crippen molar-refractivity contribution in [3.8, 4) is 11.3 Å². The van der Waals surface area contributed by atoms with Crippen LogP contribution in [0.5, 0.6) is 0 Å². The monoisotopic (exact) mass is 363 g/mol. The van der Waals surface area contributed by atoms with Crippen molar-refractivity contribution in [1.29, 1.82) is 0 Å². The Labute approximate surface area is 154 Å². The molecule has 3 N–H and O–H groups in total. The van der Waals surface area contributed by atoms with Gasteiger partial charge in [-0.2, -0.15) is 0 Å². The number of nitrogens with two attached hydrogens (primary N) is 1. The Morgan fingerprint density at radius 1 is 1.28 bits per heavy atom. The van der Waals surface area contributed by atoms with E-state index in [1.54, 1.807) is 6.92 Å². The van der Waals surface area contributed by atoms with E-state index in [2.05, 4.69) is 10.5 Å². The number of aryl methyl sites for hydroxylation is 1. The molecule has 1 fully saturated rings. The summed E-state index contributed by atoms with van der Waals surface area (Å²) in [7, 11) is 0. The number of carbonyl (C=O) groups excluding carboxylic acids is 1. The second-order valence-electron chi connectivity index (χ2n) is 6.54. The highest BCUT2D eigenvalue weighted by Gasteiger charge is 2.27. The van der Waals surface area contributed by atoms with Gasteiger partial charge in [-0.1, -0.05) is 54.8 Å². The average molecular weight is 364 g/mol. The van der Waals surface area contributed by atoms with Crippen LogP contribution in [0, 0.1) is 12.8 Å². The van der Waals surface area contributed by atoms with Crippen LogP contribution in [-0.2, 0) is 0 Å². The molecule has 1 aromatic heterocycles. The van der Waals surface area contributed by atoms with Crippen molar-refractivity contribution >= 4 is 18.3 Å². The summed E-state index contributed by atoms with van der Waals surface area (Å²) in [5, 5.41) is 7.21. The molecule has 136 valence electrons. The second-order valence-corrected chi connectivity index (χ2v) is 6.54. The number of nitrogens with one attached hydrogen (secondary N) is 1. The number of carbonyl (C=O) groups is 1. The van der Waals surface area contributed by atoms with Gasteiger partial charge in [0.2, 0.25) is 0 Å². The number of benzene rings is 1. The molecule has 1 amide bonds. The van der Waals surface area contributed by atoms with Gasteiger partial charge in [-0.25, -0.2) is 0 Å². The third kappa shape index (κ3) is 4.41. The molecular weight excluding hydrogens is 338 g/mol. The maximum atomic E-state index is 12.9. The Kier molecular flexibility index (Phi) is 7.02. The Balaban J connectivity index is 0.00000225. The fraction of sp³-hybridized carbons (Fsp3) is 0.474. The molecule has 1 saturated carbocycles. The van der Waals surface area contributed by atoms with Crippen LogP contribution in [0.2, 0.25) is 0 Å². The molecule has 0 saturated heterocycles. The van der Waals surface area contributed by atoms with Gasteiger partial charge in [0.25, 0.3) is 5.91 Å². The van der Waals surface area contributed by atoms with Gasteiger partial charge in [0.1, 0.15) is 17.0 Å². The first-order chi connectivity index (χ1) is 11.7. The lowest BCUT2D eigenvalue weighted by molar-refractivity contribution is 0.0914. The van der Waals surface area contributed by atoms with Gasteiger partial charge in [-0.15, -0.1) is 12.4 Å². The van der Waals surface area contributed by atoms with E-state index in [9.17, 15) is 4.79 Å². The third-order valence-corrected chi connectivity index (χ3v) is 4.93. The fourth-order valence-corrected chi connectivity index (χ4v) is 3.58. The number of nitrogens with zero attached hydrogens (tertiary/aromatic N) is 1. The van der Waals surface area contributed by atoms with Gasteiger partial charge < -0.3 is 15.6 Å². The number of halogens is 1. The lowest BCUT2D eigenvalue weighted by Gasteiger charge is -2.30. The maximum absolute atomic E-state index is 12.9. The largest absolute Gasteiger partial charge is 0.360 e. The predicted molar refractivity (Wildman–Crippen MR) is 101 cm³/mol. The van der Waals surface area contributed by atoms with Crippen LogP contribution in [0.15, 0.2) is 34.9 Å². The molecule has 1 heterocycles. The molecule has 0 spiro atoms. The third-order valence-electron chi connectivity index (χ3n) is 4.93. The summed E-state index contributed by atoms with van der Waals surface area (Å²) < 4.78 is 5.29. The van der Waals surface area contributed by atoms with Gasteiger partial charge in [0.15, 0.2) is 0 Å². The molecule has 1 atom stereocenters. The molecular formula is C19H26ClN3O2. The summed E-state index contributed by atoms with van der Waals surface area (Å²) in [6, 6.07) is 9.64. The van der Waals surface area contributed by atoms with Gasteiger partial charge in [0.05, 0.1) is 0 Å². The van der Waals surface area contributed by atoms with Gasteiger partial charge in [-0.3, -0.25) is 4.79 Å². The number of aromatic nitrogens is 1. The van der Waals surface area contributed by atoms with E-state index in [0.29, 0.717) is 29.5 Å². The first-order valence-corrected chi connectivity index (χ1v) is 8.73. The van der Waals surface area contributed by atoms with E-state index in [1.807, 2.05) is 30.3 Å². The van der Waals surface area contributed by atoms with Gasteiger partial charge >= 0.3 is 0 Å². The summed E-state index contributed by atoms with van der Waals surface area (Å²) >= 11 is 0. The van der Waals surface area contributed by atoms with Crippen LogP contribution in [0.1, 0.15) is 48.2 Å². The van der Waals surface area contributed by atoms with Crippen LogP contribution < -0.4 is 11.1 Å². The minimum Gasteiger partial charge on any atom is -0.360 e. The summed E-state index contributed by atoms with van der Waals surface area (Å²) in [5.41, 5.74) is 7.91. The van der Waals surface area contributed by atoms with Crippen LogP contribution in [0.25, 0.3) is 11.3 Å². The molecule has 1 aromatic carbocycles. The van der Waals surface area contributed by atoms with Crippen LogP contribution in [0.4, 0.5) is 0 Å². The summed E-state index contributed by atoms with van der Waals surface area (Å²) in [6.45, 7) is 2.23. The maximum Gasteiger partial charge on any atom is 0.257 e. The molecule has 0 bridgehead atoms. The minimum atomic E-state index is -0.145. The van der Waals surface area contributed by atoms with Crippen molar-refractivity contribution in [3.63, 3.8) is 0 Å². The lowest BCUT2D eigenvalue weighted by atomic mass is 9.83. The topological polar surface area (TPSA) is 81.2 Å². The molecule has 25 heavy (non-hydrogen) atoms. The molecule has 1 aliphatic carbocycles. The van der Waals surface area contributed by atoms with Gasteiger partial charge in [0, 0.05) is 18.2 Å². The quantitative estimate of drug-likeness (QED) is 0.848. The molecule has 1 unspecified atom stereocenters. The van der Waals surface area contributed by atoms with E-state index in [-0.39, 0.29) is 24.4 Å². The van der Waals surface area contributed by atoms with E-state index >= 15 is 0 Å².